The first-order valence-corrected chi connectivity index (χ1v) is 8.55. The molecule has 0 heterocycles. The maximum Gasteiger partial charge on any atom is 0.423 e. The van der Waals surface area contributed by atoms with E-state index in [0.29, 0.717) is 12.3 Å². The van der Waals surface area contributed by atoms with Crippen molar-refractivity contribution in [3.05, 3.63) is 12.2 Å². The Hall–Kier alpha value is -0.690. The molecule has 24 heavy (non-hydrogen) atoms. The standard InChI is InChI=1S/C17H21F5O2/c1-2-15(24,17(20,21)22)16(18,19)14(23)7-10-6-11(14)13-9-4-3-8(5-9)12(10)13/h3-4,8-13,23-24H,2,5-7H2,1H3. The third-order valence-corrected chi connectivity index (χ3v) is 7.38. The highest BCUT2D eigenvalue weighted by Crippen LogP contribution is 2.71. The largest absolute Gasteiger partial charge is 0.423 e. The van der Waals surface area contributed by atoms with Crippen molar-refractivity contribution in [1.82, 2.24) is 0 Å². The molecule has 4 aliphatic carbocycles. The summed E-state index contributed by atoms with van der Waals surface area (Å²) in [7, 11) is 0. The number of hydrogen-bond donors (Lipinski definition) is 2. The van der Waals surface area contributed by atoms with E-state index < -0.39 is 35.6 Å². The van der Waals surface area contributed by atoms with E-state index in [1.54, 1.807) is 0 Å². The van der Waals surface area contributed by atoms with Crippen LogP contribution in [0.25, 0.3) is 0 Å². The Bertz CT molecular complexity index is 588. The molecule has 4 aliphatic rings. The van der Waals surface area contributed by atoms with Gasteiger partial charge in [0.1, 0.15) is 5.60 Å². The fourth-order valence-corrected chi connectivity index (χ4v) is 6.37. The summed E-state index contributed by atoms with van der Waals surface area (Å²) in [5.74, 6) is -5.33. The Morgan fingerprint density at radius 2 is 1.62 bits per heavy atom. The average Bonchev–Trinajstić information content (AvgIpc) is 3.22. The van der Waals surface area contributed by atoms with E-state index in [4.69, 9.17) is 0 Å². The van der Waals surface area contributed by atoms with Crippen LogP contribution in [0.4, 0.5) is 22.0 Å². The van der Waals surface area contributed by atoms with Crippen molar-refractivity contribution in [3.8, 4) is 0 Å². The van der Waals surface area contributed by atoms with Crippen LogP contribution in [0, 0.1) is 35.5 Å². The van der Waals surface area contributed by atoms with Gasteiger partial charge in [-0.25, -0.2) is 0 Å². The van der Waals surface area contributed by atoms with Crippen molar-refractivity contribution in [2.45, 2.75) is 55.9 Å². The van der Waals surface area contributed by atoms with Crippen LogP contribution in [0.15, 0.2) is 12.2 Å². The lowest BCUT2D eigenvalue weighted by Gasteiger charge is -2.50. The first-order valence-electron chi connectivity index (χ1n) is 8.55. The van der Waals surface area contributed by atoms with Gasteiger partial charge in [-0.2, -0.15) is 22.0 Å². The first-order chi connectivity index (χ1) is 11.0. The molecule has 0 amide bonds. The summed E-state index contributed by atoms with van der Waals surface area (Å²) in [6.07, 6.45) is -1.83. The van der Waals surface area contributed by atoms with E-state index in [2.05, 4.69) is 6.08 Å². The van der Waals surface area contributed by atoms with Gasteiger partial charge >= 0.3 is 12.1 Å². The monoisotopic (exact) mass is 352 g/mol. The summed E-state index contributed by atoms with van der Waals surface area (Å²) in [6.45, 7) is 0.876. The molecule has 7 heteroatoms. The van der Waals surface area contributed by atoms with Gasteiger partial charge < -0.3 is 10.2 Å². The van der Waals surface area contributed by atoms with Gasteiger partial charge in [0.15, 0.2) is 0 Å². The predicted molar refractivity (Wildman–Crippen MR) is 75.1 cm³/mol. The van der Waals surface area contributed by atoms with Crippen molar-refractivity contribution in [1.29, 1.82) is 0 Å². The summed E-state index contributed by atoms with van der Waals surface area (Å²) in [5.41, 5.74) is -7.00. The molecule has 136 valence electrons. The molecule has 0 aromatic carbocycles. The van der Waals surface area contributed by atoms with Crippen molar-refractivity contribution in [2.75, 3.05) is 0 Å². The molecule has 0 saturated heterocycles. The van der Waals surface area contributed by atoms with Crippen LogP contribution in [-0.2, 0) is 0 Å². The van der Waals surface area contributed by atoms with E-state index in [1.165, 1.54) is 0 Å². The topological polar surface area (TPSA) is 40.5 Å². The van der Waals surface area contributed by atoms with Crippen LogP contribution in [-0.4, -0.2) is 33.5 Å². The minimum Gasteiger partial charge on any atom is -0.383 e. The molecule has 0 aromatic heterocycles. The number of hydrogen-bond acceptors (Lipinski definition) is 2. The second-order valence-electron chi connectivity index (χ2n) is 8.12. The van der Waals surface area contributed by atoms with Crippen molar-refractivity contribution in [3.63, 3.8) is 0 Å². The fraction of sp³-hybridized carbons (Fsp3) is 0.882. The minimum atomic E-state index is -5.50. The van der Waals surface area contributed by atoms with Gasteiger partial charge in [-0.15, -0.1) is 0 Å². The zero-order valence-electron chi connectivity index (χ0n) is 13.2. The van der Waals surface area contributed by atoms with Crippen molar-refractivity contribution < 1.29 is 32.2 Å². The molecule has 2 nitrogen and oxygen atoms in total. The van der Waals surface area contributed by atoms with Gasteiger partial charge in [-0.3, -0.25) is 0 Å². The van der Waals surface area contributed by atoms with Crippen LogP contribution in [0.5, 0.6) is 0 Å². The fourth-order valence-electron chi connectivity index (χ4n) is 6.37. The molecular weight excluding hydrogens is 331 g/mol. The molecular formula is C17H21F5O2. The molecule has 3 saturated carbocycles. The number of halogens is 5. The third kappa shape index (κ3) is 1.64. The van der Waals surface area contributed by atoms with Crippen LogP contribution in [0.2, 0.25) is 0 Å². The van der Waals surface area contributed by atoms with E-state index in [0.717, 1.165) is 13.3 Å². The van der Waals surface area contributed by atoms with E-state index in [1.807, 2.05) is 6.08 Å². The summed E-state index contributed by atoms with van der Waals surface area (Å²) in [4.78, 5) is 0. The molecule has 3 fully saturated rings. The molecule has 8 unspecified atom stereocenters. The lowest BCUT2D eigenvalue weighted by molar-refractivity contribution is -0.377. The minimum absolute atomic E-state index is 0.0678. The smallest absolute Gasteiger partial charge is 0.383 e. The maximum absolute atomic E-state index is 15.0. The van der Waals surface area contributed by atoms with Crippen LogP contribution < -0.4 is 0 Å². The lowest BCUT2D eigenvalue weighted by Crippen LogP contribution is -2.70. The quantitative estimate of drug-likeness (QED) is 0.463. The second kappa shape index (κ2) is 4.53. The first kappa shape index (κ1) is 16.8. The zero-order chi connectivity index (χ0) is 17.7. The summed E-state index contributed by atoms with van der Waals surface area (Å²) in [5, 5.41) is 20.6. The van der Waals surface area contributed by atoms with E-state index in [-0.39, 0.29) is 30.1 Å². The van der Waals surface area contributed by atoms with Gasteiger partial charge in [0, 0.05) is 0 Å². The molecule has 0 aromatic rings. The molecule has 4 rings (SSSR count). The van der Waals surface area contributed by atoms with Gasteiger partial charge in [0.2, 0.25) is 5.60 Å². The third-order valence-electron chi connectivity index (χ3n) is 7.38. The van der Waals surface area contributed by atoms with Gasteiger partial charge in [0.05, 0.1) is 0 Å². The summed E-state index contributed by atoms with van der Waals surface area (Å²) >= 11 is 0. The predicted octanol–water partition coefficient (Wildman–Crippen LogP) is 3.53. The van der Waals surface area contributed by atoms with E-state index >= 15 is 0 Å². The highest BCUT2D eigenvalue weighted by molar-refractivity contribution is 5.26. The lowest BCUT2D eigenvalue weighted by atomic mass is 9.63. The Kier molecular flexibility index (Phi) is 3.16. The average molecular weight is 352 g/mol. The van der Waals surface area contributed by atoms with Crippen LogP contribution in [0.3, 0.4) is 0 Å². The maximum atomic E-state index is 15.0. The molecule has 0 spiro atoms. The number of rotatable bonds is 3. The Labute approximate surface area is 136 Å². The number of allylic oxidation sites excluding steroid dienone is 2. The number of fused-ring (bicyclic) bond motifs is 9. The Morgan fingerprint density at radius 3 is 2.17 bits per heavy atom. The molecule has 0 aliphatic heterocycles. The van der Waals surface area contributed by atoms with E-state index in [9.17, 15) is 32.2 Å². The summed E-state index contributed by atoms with van der Waals surface area (Å²) < 4.78 is 69.6. The van der Waals surface area contributed by atoms with Gasteiger partial charge in [-0.05, 0) is 61.2 Å². The molecule has 0 radical (unpaired) electrons. The molecule has 2 N–H and O–H groups in total. The summed E-state index contributed by atoms with van der Waals surface area (Å²) in [6, 6.07) is 0. The van der Waals surface area contributed by atoms with Crippen molar-refractivity contribution in [2.24, 2.45) is 35.5 Å². The zero-order valence-corrected chi connectivity index (χ0v) is 13.2. The Balaban J connectivity index is 1.73. The van der Waals surface area contributed by atoms with Gasteiger partial charge in [0.25, 0.3) is 0 Å². The Morgan fingerprint density at radius 1 is 1.04 bits per heavy atom. The van der Waals surface area contributed by atoms with Crippen molar-refractivity contribution >= 4 is 0 Å². The normalized spacial score (nSPS) is 48.8. The van der Waals surface area contributed by atoms with Crippen LogP contribution >= 0.6 is 0 Å². The number of alkyl halides is 5. The SMILES string of the molecule is CCC(O)(C(F)(F)F)C(F)(F)C1(O)CC2CC1C1C3C=CC(C3)C21. The molecule has 8 atom stereocenters. The highest BCUT2D eigenvalue weighted by atomic mass is 19.4. The van der Waals surface area contributed by atoms with Gasteiger partial charge in [-0.1, -0.05) is 19.1 Å². The highest BCUT2D eigenvalue weighted by Gasteiger charge is 2.81. The second-order valence-corrected chi connectivity index (χ2v) is 8.12. The van der Waals surface area contributed by atoms with Crippen LogP contribution in [0.1, 0.15) is 32.6 Å². The number of aliphatic hydroxyl groups is 2. The molecule has 4 bridgehead atoms.